The molecule has 1 aromatic heterocycles. The maximum Gasteiger partial charge on any atom is 0.273 e. The third-order valence-corrected chi connectivity index (χ3v) is 4.50. The fourth-order valence-corrected chi connectivity index (χ4v) is 3.06. The molecule has 0 spiro atoms. The molecule has 8 heteroatoms. The number of hydrogen-bond acceptors (Lipinski definition) is 4. The highest BCUT2D eigenvalue weighted by Crippen LogP contribution is 2.23. The van der Waals surface area contributed by atoms with Gasteiger partial charge < -0.3 is 14.4 Å². The molecule has 0 fully saturated rings. The Morgan fingerprint density at radius 3 is 2.17 bits per heavy atom. The van der Waals surface area contributed by atoms with Crippen molar-refractivity contribution in [3.63, 3.8) is 0 Å². The summed E-state index contributed by atoms with van der Waals surface area (Å²) in [5.41, 5.74) is 7.09. The topological polar surface area (TPSA) is 92.6 Å². The van der Waals surface area contributed by atoms with Gasteiger partial charge in [-0.25, -0.2) is 4.39 Å². The molecule has 0 unspecified atom stereocenters. The first-order valence-corrected chi connectivity index (χ1v) is 8.74. The normalized spacial score (nSPS) is 10.5. The summed E-state index contributed by atoms with van der Waals surface area (Å²) in [6.45, 7) is 3.57. The van der Waals surface area contributed by atoms with Gasteiger partial charge in [-0.2, -0.15) is 0 Å². The van der Waals surface area contributed by atoms with Gasteiger partial charge in [0.2, 0.25) is 0 Å². The Balaban J connectivity index is 1.75. The Bertz CT molecular complexity index is 1070. The third-order valence-electron chi connectivity index (χ3n) is 4.50. The van der Waals surface area contributed by atoms with Crippen LogP contribution in [0.3, 0.4) is 0 Å². The number of carbonyl (C=O) groups excluding carboxylic acids is 2. The number of aromatic nitrogens is 1. The van der Waals surface area contributed by atoms with Crippen LogP contribution < -0.4 is 15.6 Å². The van der Waals surface area contributed by atoms with Gasteiger partial charge in [-0.15, -0.1) is 0 Å². The second-order valence-corrected chi connectivity index (χ2v) is 6.39. The summed E-state index contributed by atoms with van der Waals surface area (Å²) in [7, 11) is 1.44. The van der Waals surface area contributed by atoms with Crippen LogP contribution in [0.5, 0.6) is 11.5 Å². The van der Waals surface area contributed by atoms with Gasteiger partial charge in [0.1, 0.15) is 17.3 Å². The van der Waals surface area contributed by atoms with Gasteiger partial charge in [0.25, 0.3) is 11.8 Å². The average molecular weight is 397 g/mol. The van der Waals surface area contributed by atoms with Gasteiger partial charge in [0, 0.05) is 23.1 Å². The van der Waals surface area contributed by atoms with E-state index in [-0.39, 0.29) is 17.1 Å². The molecule has 0 aliphatic carbocycles. The smallest absolute Gasteiger partial charge is 0.273 e. The van der Waals surface area contributed by atoms with E-state index in [4.69, 9.17) is 4.74 Å². The number of aryl methyl sites for hydroxylation is 1. The maximum absolute atomic E-state index is 13.2. The molecular weight excluding hydrogens is 377 g/mol. The summed E-state index contributed by atoms with van der Waals surface area (Å²) in [5.74, 6) is -1.42. The van der Waals surface area contributed by atoms with Crippen molar-refractivity contribution >= 4 is 11.8 Å². The summed E-state index contributed by atoms with van der Waals surface area (Å²) in [6, 6.07) is 11.8. The lowest BCUT2D eigenvalue weighted by Crippen LogP contribution is -2.41. The first kappa shape index (κ1) is 19.9. The second kappa shape index (κ2) is 8.05. The quantitative estimate of drug-likeness (QED) is 0.590. The van der Waals surface area contributed by atoms with Gasteiger partial charge in [-0.1, -0.05) is 0 Å². The van der Waals surface area contributed by atoms with Gasteiger partial charge in [0.05, 0.1) is 18.2 Å². The highest BCUT2D eigenvalue weighted by Gasteiger charge is 2.18. The number of ether oxygens (including phenoxy) is 1. The van der Waals surface area contributed by atoms with Crippen molar-refractivity contribution < 1.29 is 23.8 Å². The van der Waals surface area contributed by atoms with Crippen molar-refractivity contribution in [3.05, 3.63) is 76.9 Å². The Morgan fingerprint density at radius 1 is 0.966 bits per heavy atom. The molecule has 3 aromatic rings. The van der Waals surface area contributed by atoms with Crippen molar-refractivity contribution in [2.45, 2.75) is 13.8 Å². The zero-order valence-electron chi connectivity index (χ0n) is 16.1. The Hall–Kier alpha value is -3.81. The lowest BCUT2D eigenvalue weighted by Gasteiger charge is -2.11. The molecule has 0 atom stereocenters. The molecule has 0 aliphatic rings. The number of amides is 2. The van der Waals surface area contributed by atoms with E-state index in [9.17, 15) is 19.1 Å². The molecule has 3 rings (SSSR count). The van der Waals surface area contributed by atoms with E-state index in [1.54, 1.807) is 25.1 Å². The van der Waals surface area contributed by atoms with E-state index >= 15 is 0 Å². The summed E-state index contributed by atoms with van der Waals surface area (Å²) >= 11 is 0. The molecule has 2 aromatic carbocycles. The molecule has 0 aliphatic heterocycles. The Labute approximate surface area is 166 Å². The predicted molar refractivity (Wildman–Crippen MR) is 105 cm³/mol. The van der Waals surface area contributed by atoms with E-state index in [2.05, 4.69) is 10.9 Å². The number of halogens is 1. The lowest BCUT2D eigenvalue weighted by molar-refractivity contribution is 0.0844. The summed E-state index contributed by atoms with van der Waals surface area (Å²) in [4.78, 5) is 24.8. The van der Waals surface area contributed by atoms with Crippen molar-refractivity contribution in [1.29, 1.82) is 0 Å². The average Bonchev–Trinajstić information content (AvgIpc) is 3.00. The lowest BCUT2D eigenvalue weighted by atomic mass is 10.2. The molecular formula is C21H20FN3O4. The molecule has 0 saturated heterocycles. The molecule has 0 saturated carbocycles. The van der Waals surface area contributed by atoms with E-state index in [0.29, 0.717) is 22.7 Å². The van der Waals surface area contributed by atoms with Crippen molar-refractivity contribution in [1.82, 2.24) is 15.4 Å². The summed E-state index contributed by atoms with van der Waals surface area (Å²) < 4.78 is 20.0. The van der Waals surface area contributed by atoms with Crippen molar-refractivity contribution in [3.8, 4) is 17.2 Å². The number of phenols is 1. The zero-order chi connectivity index (χ0) is 21.1. The molecule has 150 valence electrons. The van der Waals surface area contributed by atoms with E-state index < -0.39 is 11.8 Å². The van der Waals surface area contributed by atoms with Crippen LogP contribution in [-0.4, -0.2) is 28.6 Å². The van der Waals surface area contributed by atoms with Crippen molar-refractivity contribution in [2.75, 3.05) is 7.11 Å². The molecule has 0 radical (unpaired) electrons. The minimum atomic E-state index is -0.675. The molecule has 29 heavy (non-hydrogen) atoms. The van der Waals surface area contributed by atoms with Crippen LogP contribution in [0.4, 0.5) is 4.39 Å². The highest BCUT2D eigenvalue weighted by atomic mass is 19.1. The van der Waals surface area contributed by atoms with Crippen LogP contribution in [0.2, 0.25) is 0 Å². The van der Waals surface area contributed by atoms with E-state index in [1.165, 1.54) is 37.4 Å². The molecule has 1 heterocycles. The SMILES string of the molecule is COc1ccc(C(=O)NNC(=O)c2cc(C)n(-c3ccc(F)cc3)c2C)c(O)c1. The fraction of sp³-hybridized carbons (Fsp3) is 0.143. The number of aromatic hydroxyl groups is 1. The number of benzene rings is 2. The van der Waals surface area contributed by atoms with Gasteiger partial charge in [0.15, 0.2) is 0 Å². The van der Waals surface area contributed by atoms with Gasteiger partial charge >= 0.3 is 0 Å². The van der Waals surface area contributed by atoms with Gasteiger partial charge in [-0.3, -0.25) is 20.4 Å². The standard InChI is InChI=1S/C21H20FN3O4/c1-12-10-18(13(2)25(12)15-6-4-14(22)5-7-15)21(28)24-23-20(27)17-9-8-16(29-3)11-19(17)26/h4-11,26H,1-3H3,(H,23,27)(H,24,28). The van der Waals surface area contributed by atoms with Crippen LogP contribution in [0.15, 0.2) is 48.5 Å². The minimum absolute atomic E-state index is 0.0112. The van der Waals surface area contributed by atoms with Crippen LogP contribution in [0.25, 0.3) is 5.69 Å². The maximum atomic E-state index is 13.2. The van der Waals surface area contributed by atoms with E-state index in [1.807, 2.05) is 11.5 Å². The van der Waals surface area contributed by atoms with Crippen LogP contribution in [-0.2, 0) is 0 Å². The number of phenolic OH excluding ortho intramolecular Hbond substituents is 1. The monoisotopic (exact) mass is 397 g/mol. The largest absolute Gasteiger partial charge is 0.507 e. The highest BCUT2D eigenvalue weighted by molar-refractivity contribution is 6.01. The number of nitrogens with zero attached hydrogens (tertiary/aromatic N) is 1. The second-order valence-electron chi connectivity index (χ2n) is 6.39. The summed E-state index contributed by atoms with van der Waals surface area (Å²) in [5, 5.41) is 9.92. The predicted octanol–water partition coefficient (Wildman–Crippen LogP) is 3.02. The molecule has 7 nitrogen and oxygen atoms in total. The first-order chi connectivity index (χ1) is 13.8. The first-order valence-electron chi connectivity index (χ1n) is 8.74. The third kappa shape index (κ3) is 4.06. The molecule has 2 amide bonds. The fourth-order valence-electron chi connectivity index (χ4n) is 3.06. The zero-order valence-corrected chi connectivity index (χ0v) is 16.1. The Kier molecular flexibility index (Phi) is 5.54. The van der Waals surface area contributed by atoms with Crippen LogP contribution in [0, 0.1) is 19.7 Å². The van der Waals surface area contributed by atoms with Crippen molar-refractivity contribution in [2.24, 2.45) is 0 Å². The number of methoxy groups -OCH3 is 1. The van der Waals surface area contributed by atoms with Crippen LogP contribution >= 0.6 is 0 Å². The van der Waals surface area contributed by atoms with Gasteiger partial charge in [-0.05, 0) is 56.3 Å². The van der Waals surface area contributed by atoms with E-state index in [0.717, 1.165) is 5.69 Å². The van der Waals surface area contributed by atoms with Crippen LogP contribution in [0.1, 0.15) is 32.1 Å². The molecule has 3 N–H and O–H groups in total. The number of hydrogen-bond donors (Lipinski definition) is 3. The Morgan fingerprint density at radius 2 is 1.59 bits per heavy atom. The molecule has 0 bridgehead atoms. The summed E-state index contributed by atoms with van der Waals surface area (Å²) in [6.07, 6.45) is 0. The minimum Gasteiger partial charge on any atom is -0.507 e. The number of nitrogens with one attached hydrogen (secondary N) is 2. The number of hydrazine groups is 1. The number of carbonyl (C=O) groups is 2. The number of rotatable bonds is 4.